The zero-order valence-electron chi connectivity index (χ0n) is 11.5. The van der Waals surface area contributed by atoms with Crippen LogP contribution >= 0.6 is 0 Å². The van der Waals surface area contributed by atoms with E-state index in [2.05, 4.69) is 10.6 Å². The summed E-state index contributed by atoms with van der Waals surface area (Å²) >= 11 is 0. The Morgan fingerprint density at radius 1 is 1.37 bits per heavy atom. The molecule has 19 heavy (non-hydrogen) atoms. The SMILES string of the molecule is CC1Oc2cccc(NC(=O)C(C)(C)C)c2NC1=O. The minimum atomic E-state index is -0.527. The Labute approximate surface area is 112 Å². The molecule has 0 fully saturated rings. The predicted molar refractivity (Wildman–Crippen MR) is 73.2 cm³/mol. The fourth-order valence-electron chi connectivity index (χ4n) is 1.64. The van der Waals surface area contributed by atoms with Crippen molar-refractivity contribution in [1.82, 2.24) is 0 Å². The minimum absolute atomic E-state index is 0.117. The number of hydrogen-bond acceptors (Lipinski definition) is 3. The third-order valence-corrected chi connectivity index (χ3v) is 2.88. The van der Waals surface area contributed by atoms with Crippen LogP contribution in [0.3, 0.4) is 0 Å². The number of hydrogen-bond donors (Lipinski definition) is 2. The molecule has 1 aromatic rings. The van der Waals surface area contributed by atoms with Gasteiger partial charge in [-0.3, -0.25) is 9.59 Å². The van der Waals surface area contributed by atoms with Gasteiger partial charge in [0, 0.05) is 5.41 Å². The Balaban J connectivity index is 2.31. The lowest BCUT2D eigenvalue weighted by atomic mass is 9.95. The summed E-state index contributed by atoms with van der Waals surface area (Å²) in [5.74, 6) is 0.234. The zero-order valence-corrected chi connectivity index (χ0v) is 11.5. The number of ether oxygens (including phenoxy) is 1. The van der Waals surface area contributed by atoms with E-state index in [1.807, 2.05) is 20.8 Å². The van der Waals surface area contributed by atoms with Crippen molar-refractivity contribution >= 4 is 23.2 Å². The molecule has 0 saturated carbocycles. The highest BCUT2D eigenvalue weighted by Gasteiger charge is 2.27. The molecular weight excluding hydrogens is 244 g/mol. The molecule has 1 atom stereocenters. The van der Waals surface area contributed by atoms with Crippen molar-refractivity contribution in [3.63, 3.8) is 0 Å². The van der Waals surface area contributed by atoms with Gasteiger partial charge in [0.15, 0.2) is 6.10 Å². The number of amides is 2. The largest absolute Gasteiger partial charge is 0.479 e. The third-order valence-electron chi connectivity index (χ3n) is 2.88. The monoisotopic (exact) mass is 262 g/mol. The average Bonchev–Trinajstić information content (AvgIpc) is 2.30. The van der Waals surface area contributed by atoms with Crippen molar-refractivity contribution in [2.45, 2.75) is 33.8 Å². The lowest BCUT2D eigenvalue weighted by Gasteiger charge is -2.26. The Kier molecular flexibility index (Phi) is 3.22. The van der Waals surface area contributed by atoms with Gasteiger partial charge in [-0.25, -0.2) is 0 Å². The Morgan fingerprint density at radius 3 is 2.68 bits per heavy atom. The lowest BCUT2D eigenvalue weighted by molar-refractivity contribution is -0.123. The first kappa shape index (κ1) is 13.4. The lowest BCUT2D eigenvalue weighted by Crippen LogP contribution is -2.35. The van der Waals surface area contributed by atoms with E-state index in [0.29, 0.717) is 17.1 Å². The highest BCUT2D eigenvalue weighted by Crippen LogP contribution is 2.36. The fourth-order valence-corrected chi connectivity index (χ4v) is 1.64. The van der Waals surface area contributed by atoms with Gasteiger partial charge < -0.3 is 15.4 Å². The van der Waals surface area contributed by atoms with Crippen LogP contribution in [0.15, 0.2) is 18.2 Å². The van der Waals surface area contributed by atoms with Crippen molar-refractivity contribution in [1.29, 1.82) is 0 Å². The quantitative estimate of drug-likeness (QED) is 0.816. The molecule has 2 rings (SSSR count). The second kappa shape index (κ2) is 4.57. The van der Waals surface area contributed by atoms with E-state index < -0.39 is 11.5 Å². The van der Waals surface area contributed by atoms with E-state index in [1.165, 1.54) is 0 Å². The standard InChI is InChI=1S/C14H18N2O3/c1-8-12(17)16-11-9(6-5-7-10(11)19-8)15-13(18)14(2,3)4/h5-8H,1-4H3,(H,15,18)(H,16,17). The average molecular weight is 262 g/mol. The highest BCUT2D eigenvalue weighted by molar-refractivity contribution is 6.05. The van der Waals surface area contributed by atoms with E-state index in [9.17, 15) is 9.59 Å². The van der Waals surface area contributed by atoms with Crippen molar-refractivity contribution < 1.29 is 14.3 Å². The summed E-state index contributed by atoms with van der Waals surface area (Å²) in [6.07, 6.45) is -0.527. The van der Waals surface area contributed by atoms with Crippen LogP contribution in [-0.2, 0) is 9.59 Å². The third kappa shape index (κ3) is 2.70. The van der Waals surface area contributed by atoms with Gasteiger partial charge in [0.1, 0.15) is 11.4 Å². The Morgan fingerprint density at radius 2 is 2.05 bits per heavy atom. The molecule has 2 amide bonds. The maximum Gasteiger partial charge on any atom is 0.265 e. The highest BCUT2D eigenvalue weighted by atomic mass is 16.5. The smallest absolute Gasteiger partial charge is 0.265 e. The van der Waals surface area contributed by atoms with Gasteiger partial charge in [-0.05, 0) is 19.1 Å². The molecule has 5 heteroatoms. The van der Waals surface area contributed by atoms with E-state index >= 15 is 0 Å². The second-order valence-corrected chi connectivity index (χ2v) is 5.63. The van der Waals surface area contributed by atoms with Crippen LogP contribution in [0.2, 0.25) is 0 Å². The number of nitrogens with one attached hydrogen (secondary N) is 2. The molecular formula is C14H18N2O3. The Hall–Kier alpha value is -2.04. The summed E-state index contributed by atoms with van der Waals surface area (Å²) in [6, 6.07) is 5.28. The molecule has 0 saturated heterocycles. The van der Waals surface area contributed by atoms with E-state index in [4.69, 9.17) is 4.74 Å². The molecule has 1 aliphatic heterocycles. The van der Waals surface area contributed by atoms with Gasteiger partial charge in [0.25, 0.3) is 5.91 Å². The van der Waals surface area contributed by atoms with Crippen LogP contribution in [0.1, 0.15) is 27.7 Å². The summed E-state index contributed by atoms with van der Waals surface area (Å²) in [6.45, 7) is 7.16. The van der Waals surface area contributed by atoms with Gasteiger partial charge in [0.05, 0.1) is 5.69 Å². The first-order chi connectivity index (χ1) is 8.79. The summed E-state index contributed by atoms with van der Waals surface area (Å²) in [4.78, 5) is 23.6. The molecule has 0 radical (unpaired) electrons. The summed E-state index contributed by atoms with van der Waals surface area (Å²) in [5, 5.41) is 5.57. The van der Waals surface area contributed by atoms with Gasteiger partial charge in [-0.1, -0.05) is 26.8 Å². The fraction of sp³-hybridized carbons (Fsp3) is 0.429. The zero-order chi connectivity index (χ0) is 14.2. The molecule has 0 bridgehead atoms. The van der Waals surface area contributed by atoms with Crippen molar-refractivity contribution in [3.05, 3.63) is 18.2 Å². The van der Waals surface area contributed by atoms with Gasteiger partial charge >= 0.3 is 0 Å². The minimum Gasteiger partial charge on any atom is -0.479 e. The van der Waals surface area contributed by atoms with Crippen LogP contribution in [-0.4, -0.2) is 17.9 Å². The maximum absolute atomic E-state index is 12.0. The number of carbonyl (C=O) groups is 2. The predicted octanol–water partition coefficient (Wildman–Crippen LogP) is 2.39. The first-order valence-corrected chi connectivity index (χ1v) is 6.21. The van der Waals surface area contributed by atoms with Crippen molar-refractivity contribution in [2.24, 2.45) is 5.41 Å². The second-order valence-electron chi connectivity index (χ2n) is 5.63. The number of fused-ring (bicyclic) bond motifs is 1. The molecule has 5 nitrogen and oxygen atoms in total. The van der Waals surface area contributed by atoms with E-state index in [-0.39, 0.29) is 11.8 Å². The molecule has 0 aliphatic carbocycles. The van der Waals surface area contributed by atoms with Gasteiger partial charge in [-0.15, -0.1) is 0 Å². The summed E-state index contributed by atoms with van der Waals surface area (Å²) < 4.78 is 5.49. The topological polar surface area (TPSA) is 67.4 Å². The first-order valence-electron chi connectivity index (χ1n) is 6.21. The van der Waals surface area contributed by atoms with E-state index in [1.54, 1.807) is 25.1 Å². The molecule has 0 spiro atoms. The van der Waals surface area contributed by atoms with E-state index in [0.717, 1.165) is 0 Å². The molecule has 1 unspecified atom stereocenters. The number of anilines is 2. The molecule has 1 aliphatic rings. The number of benzene rings is 1. The maximum atomic E-state index is 12.0. The number of carbonyl (C=O) groups excluding carboxylic acids is 2. The van der Waals surface area contributed by atoms with Gasteiger partial charge in [-0.2, -0.15) is 0 Å². The van der Waals surface area contributed by atoms with Crippen LogP contribution < -0.4 is 15.4 Å². The van der Waals surface area contributed by atoms with Crippen molar-refractivity contribution in [3.8, 4) is 5.75 Å². The molecule has 0 aromatic heterocycles. The molecule has 1 aromatic carbocycles. The Bertz CT molecular complexity index is 532. The molecule has 102 valence electrons. The van der Waals surface area contributed by atoms with Crippen LogP contribution in [0, 0.1) is 5.41 Å². The molecule has 1 heterocycles. The number of para-hydroxylation sites is 1. The van der Waals surface area contributed by atoms with Crippen LogP contribution in [0.4, 0.5) is 11.4 Å². The summed E-state index contributed by atoms with van der Waals surface area (Å²) in [5.41, 5.74) is 0.566. The van der Waals surface area contributed by atoms with Gasteiger partial charge in [0.2, 0.25) is 5.91 Å². The number of rotatable bonds is 1. The normalized spacial score (nSPS) is 18.1. The van der Waals surface area contributed by atoms with Crippen molar-refractivity contribution in [2.75, 3.05) is 10.6 Å². The van der Waals surface area contributed by atoms with Crippen LogP contribution in [0.25, 0.3) is 0 Å². The molecule has 2 N–H and O–H groups in total. The van der Waals surface area contributed by atoms with Crippen LogP contribution in [0.5, 0.6) is 5.75 Å². The summed E-state index contributed by atoms with van der Waals surface area (Å²) in [7, 11) is 0.